The SMILES string of the molecule is Cc1cnc(C(=O)N2CCC3(CC[C@H](c4nc(C)no4)O3)CC2)cn1. The number of piperidine rings is 1. The van der Waals surface area contributed by atoms with Crippen LogP contribution in [0.5, 0.6) is 0 Å². The molecule has 4 rings (SSSR count). The molecule has 2 aromatic heterocycles. The molecule has 2 aliphatic rings. The standard InChI is InChI=1S/C17H21N5O3/c1-11-9-19-13(10-18-11)16(23)22-7-5-17(6-8-22)4-3-14(24-17)15-20-12(2)21-25-15/h9-10,14H,3-8H2,1-2H3/t14-/m1/s1. The van der Waals surface area contributed by atoms with Gasteiger partial charge < -0.3 is 14.2 Å². The number of carbonyl (C=O) groups excluding carboxylic acids is 1. The van der Waals surface area contributed by atoms with Crippen LogP contribution < -0.4 is 0 Å². The summed E-state index contributed by atoms with van der Waals surface area (Å²) in [6.07, 6.45) is 6.47. The van der Waals surface area contributed by atoms with Gasteiger partial charge in [0, 0.05) is 19.3 Å². The van der Waals surface area contributed by atoms with Gasteiger partial charge in [0.25, 0.3) is 11.8 Å². The maximum Gasteiger partial charge on any atom is 0.274 e. The molecule has 0 radical (unpaired) electrons. The highest BCUT2D eigenvalue weighted by molar-refractivity contribution is 5.92. The molecule has 0 aromatic carbocycles. The second kappa shape index (κ2) is 6.18. The lowest BCUT2D eigenvalue weighted by Gasteiger charge is -2.38. The number of carbonyl (C=O) groups is 1. The zero-order chi connectivity index (χ0) is 17.4. The maximum absolute atomic E-state index is 12.6. The molecule has 0 unspecified atom stereocenters. The van der Waals surface area contributed by atoms with Crippen LogP contribution in [0.4, 0.5) is 0 Å². The van der Waals surface area contributed by atoms with Crippen molar-refractivity contribution in [2.75, 3.05) is 13.1 Å². The van der Waals surface area contributed by atoms with Gasteiger partial charge in [-0.3, -0.25) is 9.78 Å². The quantitative estimate of drug-likeness (QED) is 0.823. The van der Waals surface area contributed by atoms with E-state index in [0.717, 1.165) is 31.4 Å². The summed E-state index contributed by atoms with van der Waals surface area (Å²) in [5, 5.41) is 3.84. The van der Waals surface area contributed by atoms with E-state index in [2.05, 4.69) is 20.1 Å². The van der Waals surface area contributed by atoms with Crippen LogP contribution in [0, 0.1) is 13.8 Å². The molecule has 2 aromatic rings. The van der Waals surface area contributed by atoms with Crippen molar-refractivity contribution in [2.45, 2.75) is 51.2 Å². The van der Waals surface area contributed by atoms with Crippen LogP contribution in [0.3, 0.4) is 0 Å². The molecule has 132 valence electrons. The summed E-state index contributed by atoms with van der Waals surface area (Å²) in [5.41, 5.74) is 1.01. The van der Waals surface area contributed by atoms with Gasteiger partial charge in [0.2, 0.25) is 0 Å². The first-order valence-corrected chi connectivity index (χ1v) is 8.61. The summed E-state index contributed by atoms with van der Waals surface area (Å²) in [7, 11) is 0. The summed E-state index contributed by atoms with van der Waals surface area (Å²) >= 11 is 0. The Morgan fingerprint density at radius 2 is 2.00 bits per heavy atom. The van der Waals surface area contributed by atoms with Gasteiger partial charge in [0.15, 0.2) is 5.82 Å². The second-order valence-corrected chi connectivity index (χ2v) is 6.84. The third kappa shape index (κ3) is 3.13. The summed E-state index contributed by atoms with van der Waals surface area (Å²) in [6, 6.07) is 0. The number of likely N-dealkylation sites (tertiary alicyclic amines) is 1. The number of hydrogen-bond donors (Lipinski definition) is 0. The van der Waals surface area contributed by atoms with Gasteiger partial charge in [0.1, 0.15) is 11.8 Å². The Balaban J connectivity index is 1.38. The summed E-state index contributed by atoms with van der Waals surface area (Å²) in [6.45, 7) is 4.97. The third-order valence-electron chi connectivity index (χ3n) is 5.04. The molecule has 0 aliphatic carbocycles. The van der Waals surface area contributed by atoms with E-state index in [4.69, 9.17) is 9.26 Å². The van der Waals surface area contributed by atoms with Crippen LogP contribution >= 0.6 is 0 Å². The lowest BCUT2D eigenvalue weighted by atomic mass is 9.88. The van der Waals surface area contributed by atoms with Crippen molar-refractivity contribution in [3.63, 3.8) is 0 Å². The lowest BCUT2D eigenvalue weighted by molar-refractivity contribution is -0.0821. The van der Waals surface area contributed by atoms with E-state index in [-0.39, 0.29) is 17.6 Å². The van der Waals surface area contributed by atoms with E-state index in [9.17, 15) is 4.79 Å². The van der Waals surface area contributed by atoms with Crippen molar-refractivity contribution < 1.29 is 14.1 Å². The Labute approximate surface area is 145 Å². The Morgan fingerprint density at radius 3 is 2.64 bits per heavy atom. The van der Waals surface area contributed by atoms with Crippen LogP contribution in [0.1, 0.15) is 59.7 Å². The molecule has 2 fully saturated rings. The predicted molar refractivity (Wildman–Crippen MR) is 86.7 cm³/mol. The van der Waals surface area contributed by atoms with E-state index in [1.807, 2.05) is 11.8 Å². The van der Waals surface area contributed by atoms with E-state index in [1.165, 1.54) is 0 Å². The molecular weight excluding hydrogens is 322 g/mol. The van der Waals surface area contributed by atoms with Crippen LogP contribution in [-0.2, 0) is 4.74 Å². The lowest BCUT2D eigenvalue weighted by Crippen LogP contribution is -2.46. The van der Waals surface area contributed by atoms with Gasteiger partial charge in [0.05, 0.1) is 17.5 Å². The van der Waals surface area contributed by atoms with E-state index < -0.39 is 0 Å². The minimum atomic E-state index is -0.192. The topological polar surface area (TPSA) is 94.2 Å². The normalized spacial score (nSPS) is 22.5. The molecule has 8 heteroatoms. The highest BCUT2D eigenvalue weighted by Crippen LogP contribution is 2.44. The van der Waals surface area contributed by atoms with Crippen molar-refractivity contribution in [1.29, 1.82) is 0 Å². The number of hydrogen-bond acceptors (Lipinski definition) is 7. The molecule has 8 nitrogen and oxygen atoms in total. The molecule has 0 N–H and O–H groups in total. The van der Waals surface area contributed by atoms with Gasteiger partial charge in [-0.1, -0.05) is 5.16 Å². The number of amides is 1. The van der Waals surface area contributed by atoms with Crippen LogP contribution in [0.15, 0.2) is 16.9 Å². The fraction of sp³-hybridized carbons (Fsp3) is 0.588. The van der Waals surface area contributed by atoms with Crippen LogP contribution in [-0.4, -0.2) is 49.6 Å². The predicted octanol–water partition coefficient (Wildman–Crippen LogP) is 2.00. The molecule has 1 atom stereocenters. The number of rotatable bonds is 2. The Kier molecular flexibility index (Phi) is 3.99. The van der Waals surface area contributed by atoms with Gasteiger partial charge in [-0.25, -0.2) is 4.98 Å². The van der Waals surface area contributed by atoms with E-state index in [1.54, 1.807) is 19.3 Å². The van der Waals surface area contributed by atoms with Crippen LogP contribution in [0.25, 0.3) is 0 Å². The highest BCUT2D eigenvalue weighted by Gasteiger charge is 2.45. The van der Waals surface area contributed by atoms with Gasteiger partial charge in [-0.05, 0) is 39.5 Å². The fourth-order valence-electron chi connectivity index (χ4n) is 3.58. The van der Waals surface area contributed by atoms with Crippen molar-refractivity contribution in [3.8, 4) is 0 Å². The van der Waals surface area contributed by atoms with Gasteiger partial charge >= 0.3 is 0 Å². The van der Waals surface area contributed by atoms with Crippen LogP contribution in [0.2, 0.25) is 0 Å². The maximum atomic E-state index is 12.6. The second-order valence-electron chi connectivity index (χ2n) is 6.84. The molecule has 4 heterocycles. The molecule has 2 aliphatic heterocycles. The molecule has 1 amide bonds. The first-order chi connectivity index (χ1) is 12.0. The Bertz CT molecular complexity index is 765. The number of aryl methyl sites for hydroxylation is 2. The molecular formula is C17H21N5O3. The summed E-state index contributed by atoms with van der Waals surface area (Å²) in [4.78, 5) is 27.0. The van der Waals surface area contributed by atoms with Crippen molar-refractivity contribution >= 4 is 5.91 Å². The van der Waals surface area contributed by atoms with Gasteiger partial charge in [-0.2, -0.15) is 4.98 Å². The molecule has 0 bridgehead atoms. The Morgan fingerprint density at radius 1 is 1.20 bits per heavy atom. The number of ether oxygens (including phenoxy) is 1. The number of aromatic nitrogens is 4. The number of nitrogens with zero attached hydrogens (tertiary/aromatic N) is 5. The molecule has 25 heavy (non-hydrogen) atoms. The molecule has 2 saturated heterocycles. The highest BCUT2D eigenvalue weighted by atomic mass is 16.5. The summed E-state index contributed by atoms with van der Waals surface area (Å²) in [5.74, 6) is 1.12. The Hall–Kier alpha value is -2.35. The smallest absolute Gasteiger partial charge is 0.274 e. The zero-order valence-electron chi connectivity index (χ0n) is 14.4. The molecule has 0 saturated carbocycles. The minimum absolute atomic E-state index is 0.0653. The summed E-state index contributed by atoms with van der Waals surface area (Å²) < 4.78 is 11.5. The largest absolute Gasteiger partial charge is 0.362 e. The zero-order valence-corrected chi connectivity index (χ0v) is 14.4. The van der Waals surface area contributed by atoms with Crippen molar-refractivity contribution in [3.05, 3.63) is 35.5 Å². The third-order valence-corrected chi connectivity index (χ3v) is 5.04. The average molecular weight is 343 g/mol. The van der Waals surface area contributed by atoms with Gasteiger partial charge in [-0.15, -0.1) is 0 Å². The molecule has 1 spiro atoms. The minimum Gasteiger partial charge on any atom is -0.362 e. The van der Waals surface area contributed by atoms with Crippen molar-refractivity contribution in [2.24, 2.45) is 0 Å². The fourth-order valence-corrected chi connectivity index (χ4v) is 3.58. The first kappa shape index (κ1) is 16.1. The average Bonchev–Trinajstić information content (AvgIpc) is 3.23. The van der Waals surface area contributed by atoms with E-state index >= 15 is 0 Å². The van der Waals surface area contributed by atoms with E-state index in [0.29, 0.717) is 30.5 Å². The van der Waals surface area contributed by atoms with Crippen molar-refractivity contribution in [1.82, 2.24) is 25.0 Å². The monoisotopic (exact) mass is 343 g/mol. The first-order valence-electron chi connectivity index (χ1n) is 8.61.